The third-order valence-corrected chi connectivity index (χ3v) is 5.59. The molecule has 0 aromatic heterocycles. The van der Waals surface area contributed by atoms with Crippen LogP contribution in [0, 0.1) is 5.92 Å². The average Bonchev–Trinajstić information content (AvgIpc) is 2.34. The quantitative estimate of drug-likeness (QED) is 0.780. The highest BCUT2D eigenvalue weighted by Gasteiger charge is 2.22. The summed E-state index contributed by atoms with van der Waals surface area (Å²) in [5.41, 5.74) is 0.159. The third-order valence-electron chi connectivity index (χ3n) is 3.76. The number of hydrogen-bond donors (Lipinski definition) is 1. The first-order chi connectivity index (χ1) is 9.22. The highest BCUT2D eigenvalue weighted by molar-refractivity contribution is 7.91. The molecule has 5 heteroatoms. The first-order valence-corrected chi connectivity index (χ1v) is 9.72. The minimum atomic E-state index is -2.84. The van der Waals surface area contributed by atoms with E-state index in [9.17, 15) is 8.42 Å². The molecule has 0 radical (unpaired) electrons. The van der Waals surface area contributed by atoms with Crippen LogP contribution >= 0.6 is 0 Å². The molecule has 1 heterocycles. The Balaban J connectivity index is 2.34. The lowest BCUT2D eigenvalue weighted by Gasteiger charge is -2.34. The Kier molecular flexibility index (Phi) is 6.95. The van der Waals surface area contributed by atoms with Gasteiger partial charge >= 0.3 is 0 Å². The third kappa shape index (κ3) is 7.60. The molecule has 1 atom stereocenters. The van der Waals surface area contributed by atoms with E-state index in [1.807, 2.05) is 6.92 Å². The molecule has 1 N–H and O–H groups in total. The van der Waals surface area contributed by atoms with Crippen molar-refractivity contribution < 1.29 is 8.42 Å². The van der Waals surface area contributed by atoms with E-state index in [0.29, 0.717) is 24.0 Å². The van der Waals surface area contributed by atoms with Gasteiger partial charge in [0.25, 0.3) is 0 Å². The first kappa shape index (κ1) is 17.9. The molecule has 0 aliphatic carbocycles. The molecule has 1 unspecified atom stereocenters. The maximum absolute atomic E-state index is 11.8. The Morgan fingerprint density at radius 1 is 1.25 bits per heavy atom. The van der Waals surface area contributed by atoms with Crippen molar-refractivity contribution in [1.29, 1.82) is 0 Å². The molecule has 0 amide bonds. The predicted octanol–water partition coefficient (Wildman–Crippen LogP) is 1.91. The van der Waals surface area contributed by atoms with Gasteiger partial charge in [-0.15, -0.1) is 0 Å². The molecule has 1 aliphatic heterocycles. The molecule has 1 aliphatic rings. The highest BCUT2D eigenvalue weighted by Crippen LogP contribution is 2.16. The zero-order valence-corrected chi connectivity index (χ0v) is 14.4. The number of likely N-dealkylation sites (tertiary alicyclic amines) is 1. The number of rotatable bonds is 7. The molecule has 20 heavy (non-hydrogen) atoms. The fraction of sp³-hybridized carbons (Fsp3) is 1.00. The van der Waals surface area contributed by atoms with Crippen LogP contribution < -0.4 is 5.32 Å². The SMILES string of the molecule is CCCS(=O)(=O)CCN1CCCC(CNC(C)(C)C)C1. The second-order valence-electron chi connectivity index (χ2n) is 7.09. The van der Waals surface area contributed by atoms with Crippen LogP contribution in [0.5, 0.6) is 0 Å². The maximum atomic E-state index is 11.8. The van der Waals surface area contributed by atoms with Crippen LogP contribution in [0.15, 0.2) is 0 Å². The van der Waals surface area contributed by atoms with Crippen molar-refractivity contribution in [3.8, 4) is 0 Å². The molecule has 0 bridgehead atoms. The van der Waals surface area contributed by atoms with Gasteiger partial charge in [0.05, 0.1) is 5.75 Å². The van der Waals surface area contributed by atoms with E-state index >= 15 is 0 Å². The maximum Gasteiger partial charge on any atom is 0.151 e. The van der Waals surface area contributed by atoms with Crippen molar-refractivity contribution in [2.24, 2.45) is 5.92 Å². The van der Waals surface area contributed by atoms with Crippen LogP contribution in [-0.2, 0) is 9.84 Å². The number of hydrogen-bond acceptors (Lipinski definition) is 4. The van der Waals surface area contributed by atoms with E-state index in [-0.39, 0.29) is 5.54 Å². The summed E-state index contributed by atoms with van der Waals surface area (Å²) in [6.45, 7) is 12.3. The molecule has 1 fully saturated rings. The molecule has 0 spiro atoms. The van der Waals surface area contributed by atoms with Gasteiger partial charge in [-0.25, -0.2) is 8.42 Å². The molecule has 120 valence electrons. The molecule has 1 rings (SSSR count). The van der Waals surface area contributed by atoms with Crippen LogP contribution in [0.1, 0.15) is 47.0 Å². The first-order valence-electron chi connectivity index (χ1n) is 7.89. The Labute approximate surface area is 125 Å². The second kappa shape index (κ2) is 7.76. The van der Waals surface area contributed by atoms with Crippen molar-refractivity contribution in [3.63, 3.8) is 0 Å². The average molecular weight is 305 g/mol. The van der Waals surface area contributed by atoms with Gasteiger partial charge in [-0.2, -0.15) is 0 Å². The summed E-state index contributed by atoms with van der Waals surface area (Å²) in [5.74, 6) is 1.30. The molecule has 4 nitrogen and oxygen atoms in total. The van der Waals surface area contributed by atoms with Crippen LogP contribution in [0.4, 0.5) is 0 Å². The fourth-order valence-corrected chi connectivity index (χ4v) is 4.02. The summed E-state index contributed by atoms with van der Waals surface area (Å²) in [5, 5.41) is 3.56. The van der Waals surface area contributed by atoms with Gasteiger partial charge in [-0.05, 0) is 59.0 Å². The van der Waals surface area contributed by atoms with Crippen LogP contribution in [0.2, 0.25) is 0 Å². The van der Waals surface area contributed by atoms with Crippen molar-refractivity contribution in [2.75, 3.05) is 37.7 Å². The summed E-state index contributed by atoms with van der Waals surface area (Å²) >= 11 is 0. The summed E-state index contributed by atoms with van der Waals surface area (Å²) in [6.07, 6.45) is 3.16. The summed E-state index contributed by atoms with van der Waals surface area (Å²) in [7, 11) is -2.84. The van der Waals surface area contributed by atoms with Crippen LogP contribution in [0.25, 0.3) is 0 Å². The minimum Gasteiger partial charge on any atom is -0.312 e. The van der Waals surface area contributed by atoms with Crippen LogP contribution in [0.3, 0.4) is 0 Å². The molecule has 0 aromatic rings. The van der Waals surface area contributed by atoms with Gasteiger partial charge < -0.3 is 10.2 Å². The van der Waals surface area contributed by atoms with Crippen molar-refractivity contribution in [3.05, 3.63) is 0 Å². The fourth-order valence-electron chi connectivity index (χ4n) is 2.65. The Morgan fingerprint density at radius 2 is 1.95 bits per heavy atom. The molecular weight excluding hydrogens is 272 g/mol. The van der Waals surface area contributed by atoms with E-state index in [1.54, 1.807) is 0 Å². The zero-order valence-electron chi connectivity index (χ0n) is 13.6. The Morgan fingerprint density at radius 3 is 2.55 bits per heavy atom. The largest absolute Gasteiger partial charge is 0.312 e. The second-order valence-corrected chi connectivity index (χ2v) is 9.40. The number of piperidine rings is 1. The van der Waals surface area contributed by atoms with Gasteiger partial charge in [0, 0.05) is 24.4 Å². The monoisotopic (exact) mass is 304 g/mol. The van der Waals surface area contributed by atoms with E-state index < -0.39 is 9.84 Å². The number of sulfone groups is 1. The van der Waals surface area contributed by atoms with E-state index in [0.717, 1.165) is 26.1 Å². The van der Waals surface area contributed by atoms with Gasteiger partial charge in [0.1, 0.15) is 0 Å². The lowest BCUT2D eigenvalue weighted by Crippen LogP contribution is -2.45. The smallest absolute Gasteiger partial charge is 0.151 e. The standard InChI is InChI=1S/C15H32N2O2S/c1-5-10-20(18,19)11-9-17-8-6-7-14(13-17)12-16-15(2,3)4/h14,16H,5-13H2,1-4H3. The zero-order chi connectivity index (χ0) is 15.2. The van der Waals surface area contributed by atoms with Crippen molar-refractivity contribution in [2.45, 2.75) is 52.5 Å². The van der Waals surface area contributed by atoms with E-state index in [2.05, 4.69) is 31.0 Å². The molecule has 1 saturated heterocycles. The predicted molar refractivity (Wildman–Crippen MR) is 85.9 cm³/mol. The number of nitrogens with one attached hydrogen (secondary N) is 1. The summed E-state index contributed by atoms with van der Waals surface area (Å²) < 4.78 is 23.5. The normalized spacial score (nSPS) is 22.1. The van der Waals surface area contributed by atoms with Crippen molar-refractivity contribution in [1.82, 2.24) is 10.2 Å². The lowest BCUT2D eigenvalue weighted by molar-refractivity contribution is 0.174. The molecule has 0 saturated carbocycles. The lowest BCUT2D eigenvalue weighted by atomic mass is 9.96. The topological polar surface area (TPSA) is 49.4 Å². The van der Waals surface area contributed by atoms with E-state index in [1.165, 1.54) is 12.8 Å². The van der Waals surface area contributed by atoms with Gasteiger partial charge in [0.15, 0.2) is 9.84 Å². The number of nitrogens with zero attached hydrogens (tertiary/aromatic N) is 1. The van der Waals surface area contributed by atoms with Gasteiger partial charge in [-0.3, -0.25) is 0 Å². The molecule has 0 aromatic carbocycles. The Hall–Kier alpha value is -0.130. The van der Waals surface area contributed by atoms with Crippen LogP contribution in [-0.4, -0.2) is 56.5 Å². The molecular formula is C15H32N2O2S. The Bertz CT molecular complexity index is 374. The highest BCUT2D eigenvalue weighted by atomic mass is 32.2. The van der Waals surface area contributed by atoms with E-state index in [4.69, 9.17) is 0 Å². The summed E-state index contributed by atoms with van der Waals surface area (Å²) in [6, 6.07) is 0. The van der Waals surface area contributed by atoms with Gasteiger partial charge in [0.2, 0.25) is 0 Å². The van der Waals surface area contributed by atoms with Crippen molar-refractivity contribution >= 4 is 9.84 Å². The van der Waals surface area contributed by atoms with Gasteiger partial charge in [-0.1, -0.05) is 6.92 Å². The summed E-state index contributed by atoms with van der Waals surface area (Å²) in [4.78, 5) is 2.33. The minimum absolute atomic E-state index is 0.159.